The van der Waals surface area contributed by atoms with Crippen LogP contribution in [-0.4, -0.2) is 23.5 Å². The van der Waals surface area contributed by atoms with Crippen LogP contribution in [0.4, 0.5) is 5.69 Å². The van der Waals surface area contributed by atoms with Crippen molar-refractivity contribution in [2.24, 2.45) is 0 Å². The lowest BCUT2D eigenvalue weighted by Crippen LogP contribution is -2.21. The second kappa shape index (κ2) is 6.34. The maximum absolute atomic E-state index is 5.93. The molecule has 0 amide bonds. The third kappa shape index (κ3) is 3.80. The van der Waals surface area contributed by atoms with Crippen LogP contribution in [0, 0.1) is 6.92 Å². The molecule has 0 saturated heterocycles. The number of nitrogens with two attached hydrogens (primary N) is 1. The molecule has 1 aromatic heterocycles. The molecule has 0 bridgehead atoms. The summed E-state index contributed by atoms with van der Waals surface area (Å²) in [5, 5.41) is 0. The van der Waals surface area contributed by atoms with Crippen molar-refractivity contribution in [3.05, 3.63) is 59.4 Å². The SMILES string of the molecule is Cc1c(N)cccc1CN(C)CCc1ccccn1. The normalized spacial score (nSPS) is 10.9. The number of anilines is 1. The minimum absolute atomic E-state index is 0.871. The van der Waals surface area contributed by atoms with Gasteiger partial charge in [0, 0.05) is 37.1 Å². The molecule has 0 aliphatic carbocycles. The lowest BCUT2D eigenvalue weighted by Gasteiger charge is -2.18. The molecule has 0 saturated carbocycles. The van der Waals surface area contributed by atoms with Gasteiger partial charge in [0.05, 0.1) is 0 Å². The third-order valence-corrected chi connectivity index (χ3v) is 3.40. The molecule has 3 nitrogen and oxygen atoms in total. The van der Waals surface area contributed by atoms with Crippen LogP contribution in [0.2, 0.25) is 0 Å². The van der Waals surface area contributed by atoms with E-state index in [-0.39, 0.29) is 0 Å². The molecule has 3 heteroatoms. The number of hydrogen-bond acceptors (Lipinski definition) is 3. The van der Waals surface area contributed by atoms with Gasteiger partial charge in [0.25, 0.3) is 0 Å². The van der Waals surface area contributed by atoms with Crippen molar-refractivity contribution in [2.45, 2.75) is 19.9 Å². The van der Waals surface area contributed by atoms with E-state index in [9.17, 15) is 0 Å². The average molecular weight is 255 g/mol. The van der Waals surface area contributed by atoms with Crippen molar-refractivity contribution in [1.29, 1.82) is 0 Å². The van der Waals surface area contributed by atoms with Crippen LogP contribution in [0.1, 0.15) is 16.8 Å². The Morgan fingerprint density at radius 3 is 2.74 bits per heavy atom. The first-order valence-electron chi connectivity index (χ1n) is 6.59. The predicted molar refractivity (Wildman–Crippen MR) is 79.9 cm³/mol. The Bertz CT molecular complexity index is 523. The Morgan fingerprint density at radius 1 is 1.16 bits per heavy atom. The molecule has 0 atom stereocenters. The lowest BCUT2D eigenvalue weighted by atomic mass is 10.1. The van der Waals surface area contributed by atoms with Gasteiger partial charge in [-0.05, 0) is 43.3 Å². The van der Waals surface area contributed by atoms with Gasteiger partial charge in [-0.15, -0.1) is 0 Å². The lowest BCUT2D eigenvalue weighted by molar-refractivity contribution is 0.329. The van der Waals surface area contributed by atoms with Gasteiger partial charge in [0.1, 0.15) is 0 Å². The highest BCUT2D eigenvalue weighted by Gasteiger charge is 2.05. The number of benzene rings is 1. The zero-order valence-corrected chi connectivity index (χ0v) is 11.6. The van der Waals surface area contributed by atoms with E-state index < -0.39 is 0 Å². The number of hydrogen-bond donors (Lipinski definition) is 1. The molecule has 0 radical (unpaired) electrons. The quantitative estimate of drug-likeness (QED) is 0.835. The molecule has 0 fully saturated rings. The Morgan fingerprint density at radius 2 is 2.00 bits per heavy atom. The third-order valence-electron chi connectivity index (χ3n) is 3.40. The van der Waals surface area contributed by atoms with Gasteiger partial charge in [0.15, 0.2) is 0 Å². The fourth-order valence-electron chi connectivity index (χ4n) is 2.10. The molecule has 2 N–H and O–H groups in total. The van der Waals surface area contributed by atoms with Crippen LogP contribution in [0.3, 0.4) is 0 Å². The summed E-state index contributed by atoms with van der Waals surface area (Å²) in [4.78, 5) is 6.64. The molecule has 0 unspecified atom stereocenters. The van der Waals surface area contributed by atoms with Gasteiger partial charge in [-0.1, -0.05) is 18.2 Å². The van der Waals surface area contributed by atoms with Gasteiger partial charge < -0.3 is 10.6 Å². The molecule has 0 aliphatic heterocycles. The maximum Gasteiger partial charge on any atom is 0.0416 e. The molecule has 1 aromatic carbocycles. The summed E-state index contributed by atoms with van der Waals surface area (Å²) < 4.78 is 0. The summed E-state index contributed by atoms with van der Waals surface area (Å²) in [5.74, 6) is 0. The van der Waals surface area contributed by atoms with Gasteiger partial charge >= 0.3 is 0 Å². The topological polar surface area (TPSA) is 42.1 Å². The van der Waals surface area contributed by atoms with Crippen molar-refractivity contribution >= 4 is 5.69 Å². The molecule has 2 rings (SSSR count). The number of nitrogens with zero attached hydrogens (tertiary/aromatic N) is 2. The van der Waals surface area contributed by atoms with Crippen molar-refractivity contribution in [2.75, 3.05) is 19.3 Å². The van der Waals surface area contributed by atoms with Crippen molar-refractivity contribution in [3.63, 3.8) is 0 Å². The number of nitrogen functional groups attached to an aromatic ring is 1. The Kier molecular flexibility index (Phi) is 4.53. The highest BCUT2D eigenvalue weighted by Crippen LogP contribution is 2.16. The number of pyridine rings is 1. The van der Waals surface area contributed by atoms with Gasteiger partial charge in [0.2, 0.25) is 0 Å². The smallest absolute Gasteiger partial charge is 0.0416 e. The van der Waals surface area contributed by atoms with Crippen LogP contribution >= 0.6 is 0 Å². The van der Waals surface area contributed by atoms with E-state index in [0.29, 0.717) is 0 Å². The summed E-state index contributed by atoms with van der Waals surface area (Å²) in [6.45, 7) is 3.99. The van der Waals surface area contributed by atoms with Crippen molar-refractivity contribution in [3.8, 4) is 0 Å². The van der Waals surface area contributed by atoms with Crippen LogP contribution in [0.25, 0.3) is 0 Å². The van der Waals surface area contributed by atoms with Crippen LogP contribution in [0.5, 0.6) is 0 Å². The first kappa shape index (κ1) is 13.6. The van der Waals surface area contributed by atoms with Crippen molar-refractivity contribution in [1.82, 2.24) is 9.88 Å². The Balaban J connectivity index is 1.91. The summed E-state index contributed by atoms with van der Waals surface area (Å²) in [6, 6.07) is 12.2. The minimum Gasteiger partial charge on any atom is -0.399 e. The van der Waals surface area contributed by atoms with Crippen LogP contribution in [-0.2, 0) is 13.0 Å². The summed E-state index contributed by atoms with van der Waals surface area (Å²) in [7, 11) is 2.13. The monoisotopic (exact) mass is 255 g/mol. The Labute approximate surface area is 115 Å². The van der Waals surface area contributed by atoms with E-state index in [1.807, 2.05) is 30.5 Å². The first-order valence-corrected chi connectivity index (χ1v) is 6.59. The van der Waals surface area contributed by atoms with E-state index in [4.69, 9.17) is 5.73 Å². The van der Waals surface area contributed by atoms with Crippen LogP contribution < -0.4 is 5.73 Å². The van der Waals surface area contributed by atoms with Crippen LogP contribution in [0.15, 0.2) is 42.6 Å². The summed E-state index contributed by atoms with van der Waals surface area (Å²) >= 11 is 0. The van der Waals surface area contributed by atoms with E-state index in [1.165, 1.54) is 11.1 Å². The molecule has 1 heterocycles. The second-order valence-corrected chi connectivity index (χ2v) is 4.94. The van der Waals surface area contributed by atoms with E-state index in [2.05, 4.69) is 36.0 Å². The molecule has 2 aromatic rings. The molecular formula is C16H21N3. The molecular weight excluding hydrogens is 234 g/mol. The van der Waals surface area contributed by atoms with Gasteiger partial charge in [-0.3, -0.25) is 4.98 Å². The number of rotatable bonds is 5. The first-order chi connectivity index (χ1) is 9.16. The highest BCUT2D eigenvalue weighted by atomic mass is 15.1. The number of aromatic nitrogens is 1. The summed E-state index contributed by atoms with van der Waals surface area (Å²) in [5.41, 5.74) is 10.4. The largest absolute Gasteiger partial charge is 0.399 e. The zero-order chi connectivity index (χ0) is 13.7. The van der Waals surface area contributed by atoms with Gasteiger partial charge in [-0.2, -0.15) is 0 Å². The standard InChI is InChI=1S/C16H21N3/c1-13-14(6-5-8-16(13)17)12-19(2)11-9-15-7-3-4-10-18-15/h3-8,10H,9,11-12,17H2,1-2H3. The Hall–Kier alpha value is -1.87. The van der Waals surface area contributed by atoms with E-state index in [0.717, 1.165) is 30.9 Å². The maximum atomic E-state index is 5.93. The fourth-order valence-corrected chi connectivity index (χ4v) is 2.10. The molecule has 19 heavy (non-hydrogen) atoms. The fraction of sp³-hybridized carbons (Fsp3) is 0.312. The highest BCUT2D eigenvalue weighted by molar-refractivity contribution is 5.49. The minimum atomic E-state index is 0.871. The van der Waals surface area contributed by atoms with Gasteiger partial charge in [-0.25, -0.2) is 0 Å². The average Bonchev–Trinajstić information content (AvgIpc) is 2.43. The molecule has 0 spiro atoms. The van der Waals surface area contributed by atoms with Crippen molar-refractivity contribution < 1.29 is 0 Å². The number of likely N-dealkylation sites (N-methyl/N-ethyl adjacent to an activating group) is 1. The second-order valence-electron chi connectivity index (χ2n) is 4.94. The molecule has 0 aliphatic rings. The zero-order valence-electron chi connectivity index (χ0n) is 11.6. The predicted octanol–water partition coefficient (Wildman–Crippen LogP) is 2.65. The summed E-state index contributed by atoms with van der Waals surface area (Å²) in [6.07, 6.45) is 2.82. The van der Waals surface area contributed by atoms with E-state index >= 15 is 0 Å². The van der Waals surface area contributed by atoms with E-state index in [1.54, 1.807) is 0 Å². The molecule has 100 valence electrons.